The Hall–Kier alpha value is -1.91. The van der Waals surface area contributed by atoms with E-state index in [9.17, 15) is 0 Å². The Kier molecular flexibility index (Phi) is 5.26. The lowest BCUT2D eigenvalue weighted by molar-refractivity contribution is 0.171. The van der Waals surface area contributed by atoms with Crippen LogP contribution in [0.4, 0.5) is 5.69 Å². The largest absolute Gasteiger partial charge is 0.486 e. The summed E-state index contributed by atoms with van der Waals surface area (Å²) in [5, 5.41) is 4.05. The molecule has 0 amide bonds. The molecular formula is C18H21ClN2O2. The average molecular weight is 333 g/mol. The van der Waals surface area contributed by atoms with Crippen LogP contribution in [0.5, 0.6) is 11.5 Å². The zero-order chi connectivity index (χ0) is 16.1. The van der Waals surface area contributed by atoms with E-state index in [1.807, 2.05) is 18.2 Å². The maximum atomic E-state index is 6.25. The van der Waals surface area contributed by atoms with Crippen molar-refractivity contribution >= 4 is 17.3 Å². The normalized spacial score (nSPS) is 13.0. The highest BCUT2D eigenvalue weighted by molar-refractivity contribution is 6.32. The molecule has 122 valence electrons. The Morgan fingerprint density at radius 2 is 1.91 bits per heavy atom. The van der Waals surface area contributed by atoms with Gasteiger partial charge in [0.1, 0.15) is 13.2 Å². The lowest BCUT2D eigenvalue weighted by Crippen LogP contribution is -2.28. The van der Waals surface area contributed by atoms with Gasteiger partial charge in [-0.15, -0.1) is 0 Å². The molecule has 1 N–H and O–H groups in total. The van der Waals surface area contributed by atoms with Crippen molar-refractivity contribution in [3.8, 4) is 11.5 Å². The molecule has 0 aliphatic carbocycles. The van der Waals surface area contributed by atoms with Gasteiger partial charge in [-0.1, -0.05) is 29.8 Å². The summed E-state index contributed by atoms with van der Waals surface area (Å²) in [5.41, 5.74) is 2.32. The molecule has 0 saturated heterocycles. The molecule has 23 heavy (non-hydrogen) atoms. The van der Waals surface area contributed by atoms with Crippen molar-refractivity contribution in [3.05, 3.63) is 53.1 Å². The molecule has 1 aliphatic rings. The molecule has 1 heterocycles. The summed E-state index contributed by atoms with van der Waals surface area (Å²) in [4.78, 5) is 2.23. The standard InChI is InChI=1S/C18H21ClN2O2/c1-21(15-5-3-2-4-6-15)8-7-20-13-14-11-16(19)18-17(12-14)22-9-10-23-18/h2-6,11-12,20H,7-10,13H2,1H3. The monoisotopic (exact) mass is 332 g/mol. The number of nitrogens with zero attached hydrogens (tertiary/aromatic N) is 1. The van der Waals surface area contributed by atoms with Gasteiger partial charge in [-0.25, -0.2) is 0 Å². The summed E-state index contributed by atoms with van der Waals surface area (Å²) < 4.78 is 11.1. The second-order valence-corrected chi connectivity index (χ2v) is 5.94. The molecule has 4 nitrogen and oxygen atoms in total. The smallest absolute Gasteiger partial charge is 0.179 e. The lowest BCUT2D eigenvalue weighted by Gasteiger charge is -2.21. The predicted molar refractivity (Wildman–Crippen MR) is 93.9 cm³/mol. The van der Waals surface area contributed by atoms with E-state index in [4.69, 9.17) is 21.1 Å². The van der Waals surface area contributed by atoms with Crippen LogP contribution >= 0.6 is 11.6 Å². The van der Waals surface area contributed by atoms with Gasteiger partial charge in [-0.3, -0.25) is 0 Å². The van der Waals surface area contributed by atoms with Gasteiger partial charge >= 0.3 is 0 Å². The number of hydrogen-bond acceptors (Lipinski definition) is 4. The molecule has 0 bridgehead atoms. The highest BCUT2D eigenvalue weighted by Crippen LogP contribution is 2.38. The molecule has 2 aromatic rings. The fourth-order valence-corrected chi connectivity index (χ4v) is 2.85. The zero-order valence-corrected chi connectivity index (χ0v) is 14.0. The minimum atomic E-state index is 0.552. The van der Waals surface area contributed by atoms with E-state index >= 15 is 0 Å². The fraction of sp³-hybridized carbons (Fsp3) is 0.333. The van der Waals surface area contributed by atoms with Crippen LogP contribution < -0.4 is 19.7 Å². The number of hydrogen-bond donors (Lipinski definition) is 1. The van der Waals surface area contributed by atoms with Crippen LogP contribution in [0, 0.1) is 0 Å². The first-order valence-corrected chi connectivity index (χ1v) is 8.17. The molecule has 0 atom stereocenters. The first kappa shape index (κ1) is 16.0. The lowest BCUT2D eigenvalue weighted by atomic mass is 10.2. The summed E-state index contributed by atoms with van der Waals surface area (Å²) in [7, 11) is 2.10. The molecule has 0 unspecified atom stereocenters. The number of halogens is 1. The highest BCUT2D eigenvalue weighted by atomic mass is 35.5. The van der Waals surface area contributed by atoms with Crippen molar-refractivity contribution in [3.63, 3.8) is 0 Å². The van der Waals surface area contributed by atoms with Gasteiger partial charge in [0.25, 0.3) is 0 Å². The van der Waals surface area contributed by atoms with Gasteiger partial charge in [0.15, 0.2) is 11.5 Å². The second kappa shape index (κ2) is 7.57. The van der Waals surface area contributed by atoms with Crippen molar-refractivity contribution in [2.75, 3.05) is 38.3 Å². The quantitative estimate of drug-likeness (QED) is 0.823. The molecule has 5 heteroatoms. The van der Waals surface area contributed by atoms with Crippen LogP contribution in [0.1, 0.15) is 5.56 Å². The second-order valence-electron chi connectivity index (χ2n) is 5.54. The Morgan fingerprint density at radius 1 is 1.13 bits per heavy atom. The molecule has 0 aromatic heterocycles. The summed E-state index contributed by atoms with van der Waals surface area (Å²) in [6.45, 7) is 3.69. The van der Waals surface area contributed by atoms with E-state index in [0.29, 0.717) is 24.0 Å². The van der Waals surface area contributed by atoms with Crippen LogP contribution in [0.2, 0.25) is 5.02 Å². The van der Waals surface area contributed by atoms with Gasteiger partial charge in [0.05, 0.1) is 5.02 Å². The van der Waals surface area contributed by atoms with Crippen LogP contribution in [-0.2, 0) is 6.54 Å². The number of ether oxygens (including phenoxy) is 2. The Labute approximate surface area is 142 Å². The van der Waals surface area contributed by atoms with Gasteiger partial charge in [-0.2, -0.15) is 0 Å². The van der Waals surface area contributed by atoms with Crippen LogP contribution in [0.15, 0.2) is 42.5 Å². The number of fused-ring (bicyclic) bond motifs is 1. The van der Waals surface area contributed by atoms with Gasteiger partial charge in [0.2, 0.25) is 0 Å². The molecular weight excluding hydrogens is 312 g/mol. The number of para-hydroxylation sites is 1. The fourth-order valence-electron chi connectivity index (χ4n) is 2.56. The number of nitrogens with one attached hydrogen (secondary N) is 1. The van der Waals surface area contributed by atoms with Gasteiger partial charge < -0.3 is 19.7 Å². The maximum absolute atomic E-state index is 6.25. The van der Waals surface area contributed by atoms with Crippen molar-refractivity contribution in [2.24, 2.45) is 0 Å². The Morgan fingerprint density at radius 3 is 2.74 bits per heavy atom. The molecule has 2 aromatic carbocycles. The number of benzene rings is 2. The van der Waals surface area contributed by atoms with Crippen molar-refractivity contribution in [2.45, 2.75) is 6.54 Å². The van der Waals surface area contributed by atoms with Gasteiger partial charge in [-0.05, 0) is 29.8 Å². The number of rotatable bonds is 6. The number of anilines is 1. The Bertz CT molecular complexity index is 649. The highest BCUT2D eigenvalue weighted by Gasteiger charge is 2.16. The van der Waals surface area contributed by atoms with Crippen molar-refractivity contribution in [1.29, 1.82) is 0 Å². The van der Waals surface area contributed by atoms with Crippen molar-refractivity contribution < 1.29 is 9.47 Å². The SMILES string of the molecule is CN(CCNCc1cc(Cl)c2c(c1)OCCO2)c1ccccc1. The van der Waals surface area contributed by atoms with E-state index < -0.39 is 0 Å². The topological polar surface area (TPSA) is 33.7 Å². The first-order valence-electron chi connectivity index (χ1n) is 7.79. The van der Waals surface area contributed by atoms with Crippen LogP contribution in [0.3, 0.4) is 0 Å². The predicted octanol–water partition coefficient (Wildman–Crippen LogP) is 3.34. The molecule has 3 rings (SSSR count). The molecule has 1 aliphatic heterocycles. The van der Waals surface area contributed by atoms with E-state index in [1.54, 1.807) is 0 Å². The minimum absolute atomic E-state index is 0.552. The Balaban J connectivity index is 1.50. The van der Waals surface area contributed by atoms with E-state index in [1.165, 1.54) is 5.69 Å². The average Bonchev–Trinajstić information content (AvgIpc) is 2.59. The molecule has 0 spiro atoms. The van der Waals surface area contributed by atoms with Crippen LogP contribution in [0.25, 0.3) is 0 Å². The van der Waals surface area contributed by atoms with Crippen LogP contribution in [-0.4, -0.2) is 33.4 Å². The first-order chi connectivity index (χ1) is 11.2. The third-order valence-electron chi connectivity index (χ3n) is 3.81. The number of likely N-dealkylation sites (N-methyl/N-ethyl adjacent to an activating group) is 1. The summed E-state index contributed by atoms with van der Waals surface area (Å²) in [6.07, 6.45) is 0. The molecule has 0 radical (unpaired) electrons. The van der Waals surface area contributed by atoms with Gasteiger partial charge in [0, 0.05) is 32.4 Å². The maximum Gasteiger partial charge on any atom is 0.179 e. The molecule has 0 saturated carbocycles. The molecule has 0 fully saturated rings. The van der Waals surface area contributed by atoms with E-state index in [-0.39, 0.29) is 0 Å². The minimum Gasteiger partial charge on any atom is -0.486 e. The summed E-state index contributed by atoms with van der Waals surface area (Å²) in [6, 6.07) is 14.3. The zero-order valence-electron chi connectivity index (χ0n) is 13.2. The summed E-state index contributed by atoms with van der Waals surface area (Å²) in [5.74, 6) is 1.40. The van der Waals surface area contributed by atoms with E-state index in [0.717, 1.165) is 30.9 Å². The van der Waals surface area contributed by atoms with Crippen molar-refractivity contribution in [1.82, 2.24) is 5.32 Å². The third-order valence-corrected chi connectivity index (χ3v) is 4.09. The third kappa shape index (κ3) is 4.09. The van der Waals surface area contributed by atoms with E-state index in [2.05, 4.69) is 41.5 Å². The summed E-state index contributed by atoms with van der Waals surface area (Å²) >= 11 is 6.25.